The summed E-state index contributed by atoms with van der Waals surface area (Å²) in [7, 11) is 0. The first kappa shape index (κ1) is 19.8. The molecule has 8 heteroatoms. The number of H-pyrrole nitrogens is 1. The third kappa shape index (κ3) is 4.38. The highest BCUT2D eigenvalue weighted by molar-refractivity contribution is 5.97. The Morgan fingerprint density at radius 1 is 1.00 bits per heavy atom. The van der Waals surface area contributed by atoms with E-state index >= 15 is 0 Å². The molecule has 0 bridgehead atoms. The van der Waals surface area contributed by atoms with Gasteiger partial charge < -0.3 is 15.2 Å². The molecule has 2 N–H and O–H groups in total. The molecule has 7 nitrogen and oxygen atoms in total. The molecule has 2 heterocycles. The first-order chi connectivity index (χ1) is 14.5. The molecule has 3 aromatic rings. The van der Waals surface area contributed by atoms with Gasteiger partial charge in [-0.2, -0.15) is 0 Å². The Bertz CT molecular complexity index is 1150. The highest BCUT2D eigenvalue weighted by Gasteiger charge is 2.25. The highest BCUT2D eigenvalue weighted by atomic mass is 19.1. The number of pyridine rings is 1. The Kier molecular flexibility index (Phi) is 5.58. The number of nitrogens with one attached hydrogen (secondary N) is 2. The molecule has 1 fully saturated rings. The molecule has 0 aliphatic carbocycles. The second kappa shape index (κ2) is 8.46. The van der Waals surface area contributed by atoms with Crippen LogP contribution in [0, 0.1) is 5.82 Å². The number of hydrogen-bond donors (Lipinski definition) is 2. The third-order valence-electron chi connectivity index (χ3n) is 5.12. The molecule has 1 aliphatic rings. The Hall–Kier alpha value is -3.52. The largest absolute Gasteiger partial charge is 0.336 e. The van der Waals surface area contributed by atoms with Crippen LogP contribution >= 0.6 is 0 Å². The number of rotatable bonds is 4. The van der Waals surface area contributed by atoms with E-state index in [0.717, 1.165) is 5.39 Å². The lowest BCUT2D eigenvalue weighted by atomic mass is 10.1. The van der Waals surface area contributed by atoms with Crippen LogP contribution in [0.5, 0.6) is 0 Å². The van der Waals surface area contributed by atoms with Gasteiger partial charge in [-0.3, -0.25) is 19.3 Å². The lowest BCUT2D eigenvalue weighted by Gasteiger charge is -2.34. The summed E-state index contributed by atoms with van der Waals surface area (Å²) in [5, 5.41) is 3.47. The van der Waals surface area contributed by atoms with Gasteiger partial charge in [0.1, 0.15) is 11.4 Å². The van der Waals surface area contributed by atoms with Crippen LogP contribution < -0.4 is 10.9 Å². The smallest absolute Gasteiger partial charge is 0.261 e. The Labute approximate surface area is 172 Å². The van der Waals surface area contributed by atoms with Crippen molar-refractivity contribution in [2.24, 2.45) is 0 Å². The van der Waals surface area contributed by atoms with E-state index in [1.807, 2.05) is 23.1 Å². The Morgan fingerprint density at radius 2 is 1.77 bits per heavy atom. The minimum Gasteiger partial charge on any atom is -0.336 e. The number of fused-ring (bicyclic) bond motifs is 1. The normalized spacial score (nSPS) is 14.6. The van der Waals surface area contributed by atoms with Gasteiger partial charge in [0.2, 0.25) is 5.91 Å². The minimum absolute atomic E-state index is 0.117. The number of carbonyl (C=O) groups excluding carboxylic acids is 2. The van der Waals surface area contributed by atoms with E-state index in [2.05, 4.69) is 10.3 Å². The average molecular weight is 408 g/mol. The van der Waals surface area contributed by atoms with Crippen LogP contribution in [0.3, 0.4) is 0 Å². The number of anilines is 1. The SMILES string of the molecule is O=C(CN1CCN(C(=O)c2cc3ccccc3[nH]c2=O)CC1)Nc1cccc(F)c1. The van der Waals surface area contributed by atoms with E-state index in [9.17, 15) is 18.8 Å². The van der Waals surface area contributed by atoms with E-state index in [0.29, 0.717) is 37.4 Å². The van der Waals surface area contributed by atoms with Crippen molar-refractivity contribution in [3.8, 4) is 0 Å². The molecule has 1 aromatic heterocycles. The van der Waals surface area contributed by atoms with Gasteiger partial charge in [-0.15, -0.1) is 0 Å². The van der Waals surface area contributed by atoms with Crippen molar-refractivity contribution in [1.82, 2.24) is 14.8 Å². The van der Waals surface area contributed by atoms with Crippen LogP contribution in [0.15, 0.2) is 59.4 Å². The van der Waals surface area contributed by atoms with Crippen LogP contribution in [0.1, 0.15) is 10.4 Å². The molecule has 0 radical (unpaired) electrons. The summed E-state index contributed by atoms with van der Waals surface area (Å²) in [4.78, 5) is 43.7. The zero-order valence-electron chi connectivity index (χ0n) is 16.2. The maximum Gasteiger partial charge on any atom is 0.261 e. The van der Waals surface area contributed by atoms with E-state index in [1.165, 1.54) is 18.2 Å². The summed E-state index contributed by atoms with van der Waals surface area (Å²) in [6, 6.07) is 14.7. The van der Waals surface area contributed by atoms with Crippen molar-refractivity contribution in [3.05, 3.63) is 76.3 Å². The van der Waals surface area contributed by atoms with Crippen LogP contribution in [0.25, 0.3) is 10.9 Å². The molecule has 154 valence electrons. The van der Waals surface area contributed by atoms with E-state index in [1.54, 1.807) is 23.1 Å². The maximum absolute atomic E-state index is 13.2. The van der Waals surface area contributed by atoms with Crippen molar-refractivity contribution in [2.75, 3.05) is 38.0 Å². The number of carbonyl (C=O) groups is 2. The lowest BCUT2D eigenvalue weighted by Crippen LogP contribution is -2.51. The van der Waals surface area contributed by atoms with Gasteiger partial charge in [-0.1, -0.05) is 24.3 Å². The summed E-state index contributed by atoms with van der Waals surface area (Å²) in [6.45, 7) is 1.99. The number of halogens is 1. The van der Waals surface area contributed by atoms with Crippen molar-refractivity contribution < 1.29 is 14.0 Å². The predicted molar refractivity (Wildman–Crippen MR) is 112 cm³/mol. The predicted octanol–water partition coefficient (Wildman–Crippen LogP) is 2.06. The fraction of sp³-hybridized carbons (Fsp3) is 0.227. The number of piperazine rings is 1. The van der Waals surface area contributed by atoms with Gasteiger partial charge in [0.25, 0.3) is 11.5 Å². The van der Waals surface area contributed by atoms with Crippen molar-refractivity contribution in [1.29, 1.82) is 0 Å². The highest BCUT2D eigenvalue weighted by Crippen LogP contribution is 2.13. The van der Waals surface area contributed by atoms with Gasteiger partial charge in [-0.25, -0.2) is 4.39 Å². The number of aromatic amines is 1. The number of para-hydroxylation sites is 1. The monoisotopic (exact) mass is 408 g/mol. The van der Waals surface area contributed by atoms with Gasteiger partial charge in [-0.05, 0) is 35.7 Å². The van der Waals surface area contributed by atoms with Crippen molar-refractivity contribution in [3.63, 3.8) is 0 Å². The van der Waals surface area contributed by atoms with Crippen molar-refractivity contribution >= 4 is 28.4 Å². The number of aromatic nitrogens is 1. The fourth-order valence-electron chi connectivity index (χ4n) is 3.56. The van der Waals surface area contributed by atoms with Crippen LogP contribution in [0.4, 0.5) is 10.1 Å². The van der Waals surface area contributed by atoms with E-state index in [4.69, 9.17) is 0 Å². The minimum atomic E-state index is -0.413. The summed E-state index contributed by atoms with van der Waals surface area (Å²) < 4.78 is 13.2. The second-order valence-corrected chi connectivity index (χ2v) is 7.23. The molecule has 0 spiro atoms. The lowest BCUT2D eigenvalue weighted by molar-refractivity contribution is -0.117. The van der Waals surface area contributed by atoms with E-state index < -0.39 is 11.4 Å². The molecule has 4 rings (SSSR count). The van der Waals surface area contributed by atoms with Gasteiger partial charge in [0.15, 0.2) is 0 Å². The molecular weight excluding hydrogens is 387 g/mol. The first-order valence-corrected chi connectivity index (χ1v) is 9.69. The molecule has 2 aromatic carbocycles. The zero-order chi connectivity index (χ0) is 21.1. The standard InChI is InChI=1S/C22H21FN4O3/c23-16-5-3-6-17(13-16)24-20(28)14-26-8-10-27(11-9-26)22(30)18-12-15-4-1-2-7-19(15)25-21(18)29/h1-7,12-13H,8-11,14H2,(H,24,28)(H,25,29). The van der Waals surface area contributed by atoms with Gasteiger partial charge in [0, 0.05) is 37.4 Å². The molecular formula is C22H21FN4O3. The average Bonchev–Trinajstić information content (AvgIpc) is 2.73. The Balaban J connectivity index is 1.35. The maximum atomic E-state index is 13.2. The quantitative estimate of drug-likeness (QED) is 0.692. The zero-order valence-corrected chi connectivity index (χ0v) is 16.2. The molecule has 0 atom stereocenters. The van der Waals surface area contributed by atoms with Gasteiger partial charge in [0.05, 0.1) is 6.54 Å². The summed E-state index contributed by atoms with van der Waals surface area (Å²) >= 11 is 0. The van der Waals surface area contributed by atoms with Crippen LogP contribution in [-0.4, -0.2) is 59.3 Å². The molecule has 0 unspecified atom stereocenters. The number of hydrogen-bond acceptors (Lipinski definition) is 4. The molecule has 2 amide bonds. The van der Waals surface area contributed by atoms with Crippen molar-refractivity contribution in [2.45, 2.75) is 0 Å². The number of benzene rings is 2. The molecule has 1 saturated heterocycles. The summed E-state index contributed by atoms with van der Waals surface area (Å²) in [5.41, 5.74) is 0.805. The molecule has 1 aliphatic heterocycles. The number of nitrogens with zero attached hydrogens (tertiary/aromatic N) is 2. The summed E-state index contributed by atoms with van der Waals surface area (Å²) in [5.74, 6) is -0.971. The summed E-state index contributed by atoms with van der Waals surface area (Å²) in [6.07, 6.45) is 0. The second-order valence-electron chi connectivity index (χ2n) is 7.23. The molecule has 30 heavy (non-hydrogen) atoms. The van der Waals surface area contributed by atoms with Crippen LogP contribution in [0.2, 0.25) is 0 Å². The third-order valence-corrected chi connectivity index (χ3v) is 5.12. The Morgan fingerprint density at radius 3 is 2.53 bits per heavy atom. The van der Waals surface area contributed by atoms with Gasteiger partial charge >= 0.3 is 0 Å². The van der Waals surface area contributed by atoms with Crippen LogP contribution in [-0.2, 0) is 4.79 Å². The molecule has 0 saturated carbocycles. The topological polar surface area (TPSA) is 85.5 Å². The van der Waals surface area contributed by atoms with E-state index in [-0.39, 0.29) is 23.9 Å². The first-order valence-electron chi connectivity index (χ1n) is 9.69. The number of amides is 2. The fourth-order valence-corrected chi connectivity index (χ4v) is 3.56.